The van der Waals surface area contributed by atoms with E-state index in [0.29, 0.717) is 29.7 Å². The van der Waals surface area contributed by atoms with Crippen LogP contribution in [0.1, 0.15) is 46.5 Å². The van der Waals surface area contributed by atoms with Gasteiger partial charge in [0.05, 0.1) is 23.9 Å². The number of hydrogen-bond donors (Lipinski definition) is 1. The topological polar surface area (TPSA) is 85.8 Å². The van der Waals surface area contributed by atoms with Crippen molar-refractivity contribution < 1.29 is 9.32 Å². The highest BCUT2D eigenvalue weighted by molar-refractivity contribution is 5.97. The minimum atomic E-state index is -0.189. The summed E-state index contributed by atoms with van der Waals surface area (Å²) in [6.45, 7) is 0.190. The predicted octanol–water partition coefficient (Wildman–Crippen LogP) is 3.28. The molecule has 140 valence electrons. The molecule has 0 unspecified atom stereocenters. The number of benzene rings is 2. The molecule has 0 bridgehead atoms. The van der Waals surface area contributed by atoms with Gasteiger partial charge >= 0.3 is 0 Å². The van der Waals surface area contributed by atoms with Crippen molar-refractivity contribution in [3.8, 4) is 0 Å². The van der Waals surface area contributed by atoms with Crippen molar-refractivity contribution in [2.24, 2.45) is 0 Å². The Labute approximate surface area is 161 Å². The van der Waals surface area contributed by atoms with E-state index in [-0.39, 0.29) is 12.5 Å². The van der Waals surface area contributed by atoms with Crippen molar-refractivity contribution in [2.75, 3.05) is 0 Å². The summed E-state index contributed by atoms with van der Waals surface area (Å²) in [4.78, 5) is 21.2. The van der Waals surface area contributed by atoms with Gasteiger partial charge in [-0.3, -0.25) is 4.79 Å². The molecule has 1 N–H and O–H groups in total. The van der Waals surface area contributed by atoms with Gasteiger partial charge in [-0.15, -0.1) is 0 Å². The molecule has 1 aliphatic carbocycles. The maximum atomic E-state index is 12.5. The van der Waals surface area contributed by atoms with Gasteiger partial charge in [-0.05, 0) is 36.6 Å². The van der Waals surface area contributed by atoms with E-state index in [1.165, 1.54) is 12.8 Å². The summed E-state index contributed by atoms with van der Waals surface area (Å²) in [6, 6.07) is 16.1. The van der Waals surface area contributed by atoms with Crippen molar-refractivity contribution in [2.45, 2.75) is 31.8 Å². The minimum Gasteiger partial charge on any atom is -0.343 e. The van der Waals surface area contributed by atoms with Gasteiger partial charge in [0, 0.05) is 18.0 Å². The van der Waals surface area contributed by atoms with Crippen molar-refractivity contribution in [3.05, 3.63) is 77.7 Å². The molecule has 0 radical (unpaired) electrons. The molecule has 0 spiro atoms. The zero-order valence-corrected chi connectivity index (χ0v) is 15.2. The number of amides is 1. The van der Waals surface area contributed by atoms with Crippen LogP contribution >= 0.6 is 0 Å². The Balaban J connectivity index is 1.23. The normalized spacial score (nSPS) is 13.7. The second-order valence-electron chi connectivity index (χ2n) is 7.04. The third kappa shape index (κ3) is 3.38. The summed E-state index contributed by atoms with van der Waals surface area (Å²) in [5.41, 5.74) is 3.58. The van der Waals surface area contributed by atoms with E-state index in [1.54, 1.807) is 0 Å². The number of carbonyl (C=O) groups is 1. The molecule has 7 nitrogen and oxygen atoms in total. The van der Waals surface area contributed by atoms with E-state index in [2.05, 4.69) is 25.0 Å². The van der Waals surface area contributed by atoms with Gasteiger partial charge in [-0.25, -0.2) is 4.98 Å². The minimum absolute atomic E-state index is 0.189. The standard InChI is InChI=1S/C21H19N5O2/c27-21(15-6-9-18-17(11-15)23-13-26(18)16-7-8-16)22-12-20-24-19(25-28-20)10-14-4-2-1-3-5-14/h1-6,9,11,13,16H,7-8,10,12H2,(H,22,27). The lowest BCUT2D eigenvalue weighted by Gasteiger charge is -2.04. The van der Waals surface area contributed by atoms with Crippen LogP contribution in [0.4, 0.5) is 0 Å². The summed E-state index contributed by atoms with van der Waals surface area (Å²) in [6.07, 6.45) is 4.85. The first-order chi connectivity index (χ1) is 13.8. The molecule has 4 aromatic rings. The zero-order chi connectivity index (χ0) is 18.9. The van der Waals surface area contributed by atoms with E-state index in [9.17, 15) is 4.79 Å². The highest BCUT2D eigenvalue weighted by Gasteiger charge is 2.25. The molecule has 1 saturated carbocycles. The lowest BCUT2D eigenvalue weighted by atomic mass is 10.1. The Hall–Kier alpha value is -3.48. The largest absolute Gasteiger partial charge is 0.343 e. The van der Waals surface area contributed by atoms with Crippen LogP contribution in [0.2, 0.25) is 0 Å². The second-order valence-corrected chi connectivity index (χ2v) is 7.04. The van der Waals surface area contributed by atoms with Gasteiger partial charge in [0.15, 0.2) is 5.82 Å². The third-order valence-electron chi connectivity index (χ3n) is 4.89. The molecule has 28 heavy (non-hydrogen) atoms. The fourth-order valence-corrected chi connectivity index (χ4v) is 3.29. The number of fused-ring (bicyclic) bond motifs is 1. The Bertz CT molecular complexity index is 1130. The fraction of sp³-hybridized carbons (Fsp3) is 0.238. The van der Waals surface area contributed by atoms with Crippen LogP contribution < -0.4 is 5.32 Å². The summed E-state index contributed by atoms with van der Waals surface area (Å²) in [5, 5.41) is 6.81. The average molecular weight is 373 g/mol. The van der Waals surface area contributed by atoms with Crippen LogP contribution in [-0.4, -0.2) is 25.6 Å². The third-order valence-corrected chi connectivity index (χ3v) is 4.89. The van der Waals surface area contributed by atoms with E-state index in [4.69, 9.17) is 4.52 Å². The average Bonchev–Trinajstić information content (AvgIpc) is 3.32. The first-order valence-corrected chi connectivity index (χ1v) is 9.36. The molecule has 1 amide bonds. The Morgan fingerprint density at radius 1 is 1.18 bits per heavy atom. The van der Waals surface area contributed by atoms with E-state index >= 15 is 0 Å². The van der Waals surface area contributed by atoms with Crippen LogP contribution in [-0.2, 0) is 13.0 Å². The molecule has 0 aliphatic heterocycles. The molecular weight excluding hydrogens is 354 g/mol. The molecule has 2 aromatic heterocycles. The lowest BCUT2D eigenvalue weighted by Crippen LogP contribution is -2.22. The smallest absolute Gasteiger partial charge is 0.251 e. The molecule has 7 heteroatoms. The van der Waals surface area contributed by atoms with Gasteiger partial charge in [0.1, 0.15) is 0 Å². The van der Waals surface area contributed by atoms with Gasteiger partial charge < -0.3 is 14.4 Å². The molecule has 2 aromatic carbocycles. The number of aromatic nitrogens is 4. The first kappa shape index (κ1) is 16.7. The zero-order valence-electron chi connectivity index (χ0n) is 15.2. The molecule has 5 rings (SSSR count). The highest BCUT2D eigenvalue weighted by Crippen LogP contribution is 2.37. The molecule has 0 atom stereocenters. The van der Waals surface area contributed by atoms with Crippen molar-refractivity contribution in [3.63, 3.8) is 0 Å². The second kappa shape index (κ2) is 6.92. The number of nitrogens with zero attached hydrogens (tertiary/aromatic N) is 4. The molecular formula is C21H19N5O2. The first-order valence-electron chi connectivity index (χ1n) is 9.36. The van der Waals surface area contributed by atoms with Crippen molar-refractivity contribution in [1.82, 2.24) is 25.0 Å². The number of carbonyl (C=O) groups excluding carboxylic acids is 1. The molecule has 0 saturated heterocycles. The number of nitrogens with one attached hydrogen (secondary N) is 1. The number of rotatable bonds is 6. The van der Waals surface area contributed by atoms with E-state index in [0.717, 1.165) is 16.6 Å². The van der Waals surface area contributed by atoms with E-state index < -0.39 is 0 Å². The van der Waals surface area contributed by atoms with Crippen LogP contribution in [0, 0.1) is 0 Å². The number of imidazole rings is 1. The van der Waals surface area contributed by atoms with Crippen LogP contribution in [0.15, 0.2) is 59.4 Å². The summed E-state index contributed by atoms with van der Waals surface area (Å²) in [7, 11) is 0. The maximum absolute atomic E-state index is 12.5. The van der Waals surface area contributed by atoms with Crippen LogP contribution in [0.5, 0.6) is 0 Å². The summed E-state index contributed by atoms with van der Waals surface area (Å²) >= 11 is 0. The van der Waals surface area contributed by atoms with Gasteiger partial charge in [-0.1, -0.05) is 35.5 Å². The maximum Gasteiger partial charge on any atom is 0.251 e. The van der Waals surface area contributed by atoms with Crippen molar-refractivity contribution >= 4 is 16.9 Å². The SMILES string of the molecule is O=C(NCc1nc(Cc2ccccc2)no1)c1ccc2c(c1)ncn2C1CC1. The van der Waals surface area contributed by atoms with Gasteiger partial charge in [0.25, 0.3) is 5.91 Å². The monoisotopic (exact) mass is 373 g/mol. The quantitative estimate of drug-likeness (QED) is 0.561. The van der Waals surface area contributed by atoms with Gasteiger partial charge in [0.2, 0.25) is 5.89 Å². The summed E-state index contributed by atoms with van der Waals surface area (Å²) < 4.78 is 7.42. The lowest BCUT2D eigenvalue weighted by molar-refractivity contribution is 0.0946. The molecule has 1 aliphatic rings. The van der Waals surface area contributed by atoms with Crippen LogP contribution in [0.25, 0.3) is 11.0 Å². The molecule has 1 fully saturated rings. The number of hydrogen-bond acceptors (Lipinski definition) is 5. The van der Waals surface area contributed by atoms with Gasteiger partial charge in [-0.2, -0.15) is 4.98 Å². The van der Waals surface area contributed by atoms with Crippen LogP contribution in [0.3, 0.4) is 0 Å². The Morgan fingerprint density at radius 3 is 2.86 bits per heavy atom. The highest BCUT2D eigenvalue weighted by atomic mass is 16.5. The fourth-order valence-electron chi connectivity index (χ4n) is 3.29. The van der Waals surface area contributed by atoms with E-state index in [1.807, 2.05) is 54.9 Å². The predicted molar refractivity (Wildman–Crippen MR) is 103 cm³/mol. The Morgan fingerprint density at radius 2 is 2.04 bits per heavy atom. The molecule has 2 heterocycles. The summed E-state index contributed by atoms with van der Waals surface area (Å²) in [5.74, 6) is 0.798. The Kier molecular flexibility index (Phi) is 4.12. The van der Waals surface area contributed by atoms with Crippen molar-refractivity contribution in [1.29, 1.82) is 0 Å².